The van der Waals surface area contributed by atoms with E-state index in [-0.39, 0.29) is 54.2 Å². The largest absolute Gasteiger partial charge is 0.507 e. The van der Waals surface area contributed by atoms with Gasteiger partial charge in [-0.15, -0.1) is 21.5 Å². The van der Waals surface area contributed by atoms with Crippen LogP contribution in [0.25, 0.3) is 21.7 Å². The highest BCUT2D eigenvalue weighted by Crippen LogP contribution is 2.32. The molecule has 1 saturated heterocycles. The summed E-state index contributed by atoms with van der Waals surface area (Å²) < 4.78 is 5.95. The number of carbonyl (C=O) groups excluding carboxylic acids is 4. The molecule has 3 aromatic carbocycles. The number of nitrogens with zero attached hydrogens (tertiary/aromatic N) is 6. The van der Waals surface area contributed by atoms with E-state index in [0.717, 1.165) is 90.9 Å². The third-order valence-corrected chi connectivity index (χ3v) is 15.0. The lowest BCUT2D eigenvalue weighted by Gasteiger charge is -2.35. The Bertz CT molecular complexity index is 2640. The van der Waals surface area contributed by atoms with Gasteiger partial charge < -0.3 is 46.0 Å². The molecule has 5 aromatic rings. The second kappa shape index (κ2) is 27.8. The van der Waals surface area contributed by atoms with E-state index >= 15 is 0 Å². The lowest BCUT2D eigenvalue weighted by molar-refractivity contribution is -0.144. The SMILES string of the molecule is Cc1ncsc1-c1ccc([C@H](C)NC(=O)[C@@H]2C[C@@H](O)CN2C(=O)[C@@H](NC(=O)CCCCCCCCCCC(=O)N(C)CCCN(C)c2ccc(CCOc3cc(-c4ccccc4O)nnc3N)cc2)C(C)(C)C)cc1. The Morgan fingerprint density at radius 3 is 2.19 bits per heavy atom. The number of ether oxygens (including phenoxy) is 1. The normalized spacial score (nSPS) is 15.3. The number of rotatable bonds is 27. The molecule has 0 bridgehead atoms. The van der Waals surface area contributed by atoms with Gasteiger partial charge in [0.05, 0.1) is 34.8 Å². The standard InChI is InChI=1S/C58H79N9O7S/c1-39(42-25-27-43(28-26-42)53-40(2)60-38-75-53)61-56(72)48-35-45(68)37-67(48)57(73)54(58(3,4)5)62-51(70)21-14-12-10-8-9-11-13-15-22-52(71)66(7)33-18-32-65(6)44-29-23-41(24-30-44)31-34-74-50-36-47(63-64-55(50)59)46-19-16-17-20-49(46)69/h16-17,19-20,23-30,36,38-39,45,48,54,68-69H,8-15,18,21-22,31-35,37H2,1-7H3,(H2,59,64)(H,61,72)(H,62,70)/t39-,45+,48-,54+/m0/s1. The molecule has 1 fully saturated rings. The van der Waals surface area contributed by atoms with Crippen LogP contribution in [0, 0.1) is 12.3 Å². The van der Waals surface area contributed by atoms with Gasteiger partial charge in [-0.2, -0.15) is 0 Å². The van der Waals surface area contributed by atoms with Crippen LogP contribution in [0.15, 0.2) is 84.4 Å². The van der Waals surface area contributed by atoms with E-state index in [4.69, 9.17) is 10.5 Å². The zero-order valence-electron chi connectivity index (χ0n) is 45.0. The number of benzene rings is 3. The van der Waals surface area contributed by atoms with Gasteiger partial charge in [0.1, 0.15) is 23.5 Å². The van der Waals surface area contributed by atoms with Crippen LogP contribution in [0.3, 0.4) is 0 Å². The molecule has 6 rings (SSSR count). The van der Waals surface area contributed by atoms with Gasteiger partial charge in [0, 0.05) is 76.7 Å². The van der Waals surface area contributed by atoms with Crippen LogP contribution in [0.1, 0.15) is 128 Å². The van der Waals surface area contributed by atoms with Crippen molar-refractivity contribution in [3.63, 3.8) is 0 Å². The van der Waals surface area contributed by atoms with E-state index < -0.39 is 23.6 Å². The number of para-hydroxylation sites is 1. The number of aromatic hydroxyl groups is 1. The molecule has 16 nitrogen and oxygen atoms in total. The number of β-amino-alcohol motifs (C(OH)–C–C–N with tert-alkyl or cyclic N) is 1. The van der Waals surface area contributed by atoms with E-state index in [9.17, 15) is 29.4 Å². The van der Waals surface area contributed by atoms with E-state index in [0.29, 0.717) is 55.8 Å². The number of anilines is 2. The van der Waals surface area contributed by atoms with Crippen molar-refractivity contribution >= 4 is 46.5 Å². The van der Waals surface area contributed by atoms with Crippen LogP contribution in [0.5, 0.6) is 11.5 Å². The molecule has 1 aliphatic rings. The molecular formula is C58H79N9O7S. The summed E-state index contributed by atoms with van der Waals surface area (Å²) in [7, 11) is 3.94. The lowest BCUT2D eigenvalue weighted by Crippen LogP contribution is -2.57. The summed E-state index contributed by atoms with van der Waals surface area (Å²) in [6.45, 7) is 11.5. The number of unbranched alkanes of at least 4 members (excludes halogenated alkanes) is 7. The van der Waals surface area contributed by atoms with Crippen LogP contribution in [-0.4, -0.2) is 117 Å². The number of aryl methyl sites for hydroxylation is 1. The molecule has 4 atom stereocenters. The predicted molar refractivity (Wildman–Crippen MR) is 297 cm³/mol. The van der Waals surface area contributed by atoms with Crippen LogP contribution in [0.2, 0.25) is 0 Å². The van der Waals surface area contributed by atoms with Crippen molar-refractivity contribution < 1.29 is 34.1 Å². The van der Waals surface area contributed by atoms with Crippen molar-refractivity contribution in [2.24, 2.45) is 5.41 Å². The van der Waals surface area contributed by atoms with Crippen molar-refractivity contribution in [3.8, 4) is 33.2 Å². The molecule has 404 valence electrons. The molecule has 0 aliphatic carbocycles. The maximum absolute atomic E-state index is 14.1. The first-order chi connectivity index (χ1) is 35.9. The number of aromatic nitrogens is 3. The molecule has 3 heterocycles. The monoisotopic (exact) mass is 1050 g/mol. The average molecular weight is 1050 g/mol. The number of likely N-dealkylation sites (tertiary alicyclic amines) is 1. The summed E-state index contributed by atoms with van der Waals surface area (Å²) in [5.41, 5.74) is 13.4. The summed E-state index contributed by atoms with van der Waals surface area (Å²) in [5, 5.41) is 35.0. The van der Waals surface area contributed by atoms with Crippen LogP contribution in [0.4, 0.5) is 11.5 Å². The second-order valence-electron chi connectivity index (χ2n) is 21.1. The zero-order chi connectivity index (χ0) is 54.1. The maximum Gasteiger partial charge on any atom is 0.246 e. The van der Waals surface area contributed by atoms with Gasteiger partial charge in [-0.25, -0.2) is 4.98 Å². The fraction of sp³-hybridized carbons (Fsp3) is 0.500. The van der Waals surface area contributed by atoms with Gasteiger partial charge in [0.2, 0.25) is 23.6 Å². The summed E-state index contributed by atoms with van der Waals surface area (Å²) in [6.07, 6.45) is 9.34. The first kappa shape index (κ1) is 57.7. The number of aliphatic hydroxyl groups excluding tert-OH is 1. The third-order valence-electron chi connectivity index (χ3n) is 14.0. The highest BCUT2D eigenvalue weighted by Gasteiger charge is 2.44. The minimum Gasteiger partial charge on any atom is -0.507 e. The first-order valence-corrected chi connectivity index (χ1v) is 27.4. The number of nitrogens with one attached hydrogen (secondary N) is 2. The number of nitrogen functional groups attached to an aromatic ring is 1. The summed E-state index contributed by atoms with van der Waals surface area (Å²) in [4.78, 5) is 64.8. The molecule has 2 aromatic heterocycles. The van der Waals surface area contributed by atoms with E-state index in [1.165, 1.54) is 4.90 Å². The van der Waals surface area contributed by atoms with Crippen molar-refractivity contribution in [1.82, 2.24) is 35.6 Å². The molecule has 0 spiro atoms. The molecule has 17 heteroatoms. The Hall–Kier alpha value is -6.59. The molecule has 75 heavy (non-hydrogen) atoms. The maximum atomic E-state index is 14.1. The van der Waals surface area contributed by atoms with Crippen LogP contribution in [-0.2, 0) is 25.6 Å². The van der Waals surface area contributed by atoms with Crippen molar-refractivity contribution in [3.05, 3.63) is 101 Å². The summed E-state index contributed by atoms with van der Waals surface area (Å²) >= 11 is 1.58. The van der Waals surface area contributed by atoms with E-state index in [1.807, 2.05) is 82.4 Å². The summed E-state index contributed by atoms with van der Waals surface area (Å²) in [6, 6.07) is 22.9. The van der Waals surface area contributed by atoms with E-state index in [2.05, 4.69) is 62.0 Å². The zero-order valence-corrected chi connectivity index (χ0v) is 45.8. The molecule has 6 N–H and O–H groups in total. The number of hydrogen-bond acceptors (Lipinski definition) is 13. The van der Waals surface area contributed by atoms with Crippen molar-refractivity contribution in [2.75, 3.05) is 51.0 Å². The number of phenolic OH excluding ortho intramolecular Hbond substituents is 1. The van der Waals surface area contributed by atoms with E-state index in [1.54, 1.807) is 35.6 Å². The van der Waals surface area contributed by atoms with Gasteiger partial charge in [-0.05, 0) is 79.5 Å². The highest BCUT2D eigenvalue weighted by atomic mass is 32.1. The number of thiazole rings is 1. The van der Waals surface area contributed by atoms with Crippen molar-refractivity contribution in [1.29, 1.82) is 0 Å². The number of hydrogen-bond donors (Lipinski definition) is 5. The van der Waals surface area contributed by atoms with Gasteiger partial charge in [0.25, 0.3) is 0 Å². The van der Waals surface area contributed by atoms with Gasteiger partial charge >= 0.3 is 0 Å². The Morgan fingerprint density at radius 2 is 1.53 bits per heavy atom. The highest BCUT2D eigenvalue weighted by molar-refractivity contribution is 7.13. The average Bonchev–Trinajstić information content (AvgIpc) is 4.01. The second-order valence-corrected chi connectivity index (χ2v) is 21.9. The van der Waals surface area contributed by atoms with Gasteiger partial charge in [-0.1, -0.05) is 108 Å². The lowest BCUT2D eigenvalue weighted by atomic mass is 9.85. The van der Waals surface area contributed by atoms with Gasteiger partial charge in [-0.3, -0.25) is 19.2 Å². The number of nitrogens with two attached hydrogens (primary N) is 1. The molecule has 1 aliphatic heterocycles. The quantitative estimate of drug-likeness (QED) is 0.0312. The predicted octanol–water partition coefficient (Wildman–Crippen LogP) is 9.04. The van der Waals surface area contributed by atoms with Crippen LogP contribution >= 0.6 is 11.3 Å². The Labute approximate surface area is 447 Å². The molecule has 0 unspecified atom stereocenters. The Balaban J connectivity index is 0.801. The fourth-order valence-corrected chi connectivity index (χ4v) is 10.2. The van der Waals surface area contributed by atoms with Crippen LogP contribution < -0.4 is 26.0 Å². The minimum absolute atomic E-state index is 0.0255. The Kier molecular flexibility index (Phi) is 21.4. The molecular weight excluding hydrogens is 967 g/mol. The fourth-order valence-electron chi connectivity index (χ4n) is 9.38. The van der Waals surface area contributed by atoms with Crippen molar-refractivity contribution in [2.45, 2.75) is 142 Å². The number of carbonyl (C=O) groups is 4. The topological polar surface area (TPSA) is 216 Å². The summed E-state index contributed by atoms with van der Waals surface area (Å²) in [5.74, 6) is -0.0123. The third kappa shape index (κ3) is 17.0. The van der Waals surface area contributed by atoms with Gasteiger partial charge in [0.15, 0.2) is 11.6 Å². The Morgan fingerprint density at radius 1 is 0.867 bits per heavy atom. The smallest absolute Gasteiger partial charge is 0.246 e. The molecule has 0 saturated carbocycles. The molecule has 4 amide bonds. The number of phenols is 1. The first-order valence-electron chi connectivity index (χ1n) is 26.6. The molecule has 0 radical (unpaired) electrons. The minimum atomic E-state index is -0.859. The number of aliphatic hydroxyl groups is 1. The number of amides is 4.